The Morgan fingerprint density at radius 3 is 3.06 bits per heavy atom. The molecule has 1 saturated carbocycles. The molecule has 5 heteroatoms. The number of rotatable bonds is 3. The molecule has 4 N–H and O–H groups in total. The quantitative estimate of drug-likeness (QED) is 0.738. The van der Waals surface area contributed by atoms with E-state index in [2.05, 4.69) is 17.2 Å². The number of nitrogen functional groups attached to an aromatic ring is 1. The van der Waals surface area contributed by atoms with E-state index in [-0.39, 0.29) is 12.1 Å². The lowest BCUT2D eigenvalue weighted by atomic mass is 9.77. The van der Waals surface area contributed by atoms with Crippen molar-refractivity contribution < 1.29 is 5.11 Å². The first-order valence-corrected chi connectivity index (χ1v) is 6.73. The van der Waals surface area contributed by atoms with Gasteiger partial charge < -0.3 is 16.2 Å². The number of anilines is 2. The highest BCUT2D eigenvalue weighted by molar-refractivity contribution is 6.29. The highest BCUT2D eigenvalue weighted by atomic mass is 35.5. The summed E-state index contributed by atoms with van der Waals surface area (Å²) in [6.07, 6.45) is 4.18. The van der Waals surface area contributed by atoms with Crippen molar-refractivity contribution in [1.82, 2.24) is 4.98 Å². The predicted molar refractivity (Wildman–Crippen MR) is 74.7 cm³/mol. The summed E-state index contributed by atoms with van der Waals surface area (Å²) in [6, 6.07) is 3.40. The van der Waals surface area contributed by atoms with Gasteiger partial charge in [0, 0.05) is 0 Å². The molecule has 0 saturated heterocycles. The van der Waals surface area contributed by atoms with E-state index in [4.69, 9.17) is 17.3 Å². The number of nitrogens with zero attached hydrogens (tertiary/aromatic N) is 1. The zero-order valence-corrected chi connectivity index (χ0v) is 11.4. The molecular weight excluding hydrogens is 250 g/mol. The van der Waals surface area contributed by atoms with E-state index in [1.165, 1.54) is 6.42 Å². The van der Waals surface area contributed by atoms with Gasteiger partial charge in [-0.05, 0) is 30.9 Å². The van der Waals surface area contributed by atoms with Crippen molar-refractivity contribution in [2.45, 2.75) is 38.1 Å². The van der Waals surface area contributed by atoms with Crippen molar-refractivity contribution >= 4 is 23.1 Å². The van der Waals surface area contributed by atoms with Gasteiger partial charge in [0.2, 0.25) is 0 Å². The van der Waals surface area contributed by atoms with Crippen molar-refractivity contribution in [3.05, 3.63) is 17.3 Å². The largest absolute Gasteiger partial charge is 0.396 e. The Morgan fingerprint density at radius 2 is 2.39 bits per heavy atom. The minimum atomic E-state index is -0.316. The van der Waals surface area contributed by atoms with Crippen LogP contribution in [0.2, 0.25) is 5.15 Å². The third-order valence-electron chi connectivity index (χ3n) is 3.67. The first-order chi connectivity index (χ1) is 8.54. The number of nitrogens with one attached hydrogen (secondary N) is 1. The van der Waals surface area contributed by atoms with Crippen LogP contribution >= 0.6 is 11.6 Å². The lowest BCUT2D eigenvalue weighted by Gasteiger charge is -2.40. The summed E-state index contributed by atoms with van der Waals surface area (Å²) in [5.74, 6) is 1.17. The van der Waals surface area contributed by atoms with Gasteiger partial charge in [-0.3, -0.25) is 0 Å². The van der Waals surface area contributed by atoms with Crippen LogP contribution in [-0.4, -0.2) is 22.2 Å². The van der Waals surface area contributed by atoms with Crippen LogP contribution in [0.15, 0.2) is 12.1 Å². The second kappa shape index (κ2) is 5.33. The lowest BCUT2D eigenvalue weighted by Crippen LogP contribution is -2.46. The average Bonchev–Trinajstić information content (AvgIpc) is 2.34. The van der Waals surface area contributed by atoms with Crippen LogP contribution in [0, 0.1) is 5.92 Å². The highest BCUT2D eigenvalue weighted by Crippen LogP contribution is 2.35. The van der Waals surface area contributed by atoms with Crippen molar-refractivity contribution in [2.75, 3.05) is 17.7 Å². The smallest absolute Gasteiger partial charge is 0.151 e. The average molecular weight is 270 g/mol. The molecule has 1 aliphatic carbocycles. The SMILES string of the molecule is CC1CCCC(CO)(Nc2nc(Cl)ccc2N)C1. The fraction of sp³-hybridized carbons (Fsp3) is 0.615. The zero-order valence-electron chi connectivity index (χ0n) is 10.6. The Balaban J connectivity index is 2.21. The van der Waals surface area contributed by atoms with E-state index in [1.54, 1.807) is 12.1 Å². The molecule has 0 amide bonds. The van der Waals surface area contributed by atoms with Crippen LogP contribution in [0.3, 0.4) is 0 Å². The predicted octanol–water partition coefficient (Wildman–Crippen LogP) is 2.67. The molecule has 0 bridgehead atoms. The molecule has 1 aromatic heterocycles. The van der Waals surface area contributed by atoms with Crippen LogP contribution in [0.1, 0.15) is 32.6 Å². The van der Waals surface area contributed by atoms with Crippen LogP contribution in [0.5, 0.6) is 0 Å². The number of aliphatic hydroxyl groups excluding tert-OH is 1. The fourth-order valence-electron chi connectivity index (χ4n) is 2.75. The molecule has 4 nitrogen and oxygen atoms in total. The van der Waals surface area contributed by atoms with E-state index < -0.39 is 0 Å². The first-order valence-electron chi connectivity index (χ1n) is 6.36. The number of aliphatic hydroxyl groups is 1. The monoisotopic (exact) mass is 269 g/mol. The van der Waals surface area contributed by atoms with Gasteiger partial charge >= 0.3 is 0 Å². The lowest BCUT2D eigenvalue weighted by molar-refractivity contribution is 0.149. The number of nitrogens with two attached hydrogens (primary N) is 1. The fourth-order valence-corrected chi connectivity index (χ4v) is 2.90. The van der Waals surface area contributed by atoms with Gasteiger partial charge in [0.25, 0.3) is 0 Å². The highest BCUT2D eigenvalue weighted by Gasteiger charge is 2.35. The van der Waals surface area contributed by atoms with E-state index in [0.717, 1.165) is 19.3 Å². The van der Waals surface area contributed by atoms with Gasteiger partial charge in [0.05, 0.1) is 17.8 Å². The molecular formula is C13H20ClN3O. The number of aromatic nitrogens is 1. The standard InChI is InChI=1S/C13H20ClN3O/c1-9-3-2-6-13(7-9,8-18)17-12-10(15)4-5-11(14)16-12/h4-5,9,18H,2-3,6-8,15H2,1H3,(H,16,17). The number of halogens is 1. The number of pyridine rings is 1. The topological polar surface area (TPSA) is 71.2 Å². The molecule has 1 heterocycles. The van der Waals surface area contributed by atoms with Gasteiger partial charge in [0.15, 0.2) is 5.82 Å². The summed E-state index contributed by atoms with van der Waals surface area (Å²) in [5, 5.41) is 13.4. The molecule has 2 atom stereocenters. The molecule has 2 rings (SSSR count). The minimum Gasteiger partial charge on any atom is -0.396 e. The summed E-state index contributed by atoms with van der Waals surface area (Å²) in [6.45, 7) is 2.30. The van der Waals surface area contributed by atoms with Gasteiger partial charge in [-0.15, -0.1) is 0 Å². The summed E-state index contributed by atoms with van der Waals surface area (Å²) in [4.78, 5) is 4.20. The maximum atomic E-state index is 9.72. The van der Waals surface area contributed by atoms with Crippen molar-refractivity contribution in [1.29, 1.82) is 0 Å². The maximum Gasteiger partial charge on any atom is 0.151 e. The summed E-state index contributed by atoms with van der Waals surface area (Å²) >= 11 is 5.88. The normalized spacial score (nSPS) is 28.1. The molecule has 0 aromatic carbocycles. The second-order valence-electron chi connectivity index (χ2n) is 5.34. The van der Waals surface area contributed by atoms with Gasteiger partial charge in [-0.25, -0.2) is 4.98 Å². The molecule has 2 unspecified atom stereocenters. The molecule has 1 aromatic rings. The number of hydrogen-bond acceptors (Lipinski definition) is 4. The summed E-state index contributed by atoms with van der Waals surface area (Å²) < 4.78 is 0. The Kier molecular flexibility index (Phi) is 3.97. The molecule has 0 spiro atoms. The summed E-state index contributed by atoms with van der Waals surface area (Å²) in [5.41, 5.74) is 6.13. The van der Waals surface area contributed by atoms with E-state index in [9.17, 15) is 5.11 Å². The van der Waals surface area contributed by atoms with Gasteiger partial charge in [-0.1, -0.05) is 31.4 Å². The van der Waals surface area contributed by atoms with Crippen LogP contribution in [0.4, 0.5) is 11.5 Å². The zero-order chi connectivity index (χ0) is 13.2. The molecule has 0 aliphatic heterocycles. The first kappa shape index (κ1) is 13.4. The van der Waals surface area contributed by atoms with E-state index >= 15 is 0 Å². The number of hydrogen-bond donors (Lipinski definition) is 3. The Morgan fingerprint density at radius 1 is 1.61 bits per heavy atom. The molecule has 1 aliphatic rings. The van der Waals surface area contributed by atoms with Crippen molar-refractivity contribution in [2.24, 2.45) is 5.92 Å². The molecule has 18 heavy (non-hydrogen) atoms. The maximum absolute atomic E-state index is 9.72. The van der Waals surface area contributed by atoms with Crippen LogP contribution in [0.25, 0.3) is 0 Å². The van der Waals surface area contributed by atoms with E-state index in [1.807, 2.05) is 0 Å². The third-order valence-corrected chi connectivity index (χ3v) is 3.88. The minimum absolute atomic E-state index is 0.0883. The van der Waals surface area contributed by atoms with Crippen molar-refractivity contribution in [3.8, 4) is 0 Å². The Labute approximate surface area is 113 Å². The molecule has 0 radical (unpaired) electrons. The van der Waals surface area contributed by atoms with Gasteiger partial charge in [0.1, 0.15) is 5.15 Å². The van der Waals surface area contributed by atoms with Crippen LogP contribution in [-0.2, 0) is 0 Å². The third kappa shape index (κ3) is 2.87. The van der Waals surface area contributed by atoms with Gasteiger partial charge in [-0.2, -0.15) is 0 Å². The Bertz CT molecular complexity index is 427. The Hall–Kier alpha value is -1.00. The van der Waals surface area contributed by atoms with E-state index in [0.29, 0.717) is 22.6 Å². The summed E-state index contributed by atoms with van der Waals surface area (Å²) in [7, 11) is 0. The molecule has 100 valence electrons. The van der Waals surface area contributed by atoms with Crippen LogP contribution < -0.4 is 11.1 Å². The second-order valence-corrected chi connectivity index (χ2v) is 5.72. The molecule has 1 fully saturated rings. The van der Waals surface area contributed by atoms with Crippen molar-refractivity contribution in [3.63, 3.8) is 0 Å².